The maximum Gasteiger partial charge on any atom is 0.269 e. The highest BCUT2D eigenvalue weighted by Crippen LogP contribution is 2.07. The number of hydrogen-bond donors (Lipinski definition) is 3. The average molecular weight is 364 g/mol. The third-order valence-electron chi connectivity index (χ3n) is 1.92. The Hall–Kier alpha value is -1.71. The van der Waals surface area contributed by atoms with E-state index in [0.29, 0.717) is 3.70 Å². The summed E-state index contributed by atoms with van der Waals surface area (Å²) in [6, 6.07) is 2.76. The Morgan fingerprint density at radius 1 is 1.50 bits per heavy atom. The normalized spacial score (nSPS) is 9.67. The molecule has 0 fully saturated rings. The van der Waals surface area contributed by atoms with Gasteiger partial charge >= 0.3 is 0 Å². The van der Waals surface area contributed by atoms with E-state index in [4.69, 9.17) is 5.41 Å². The summed E-state index contributed by atoms with van der Waals surface area (Å²) < 4.78 is 13.9. The molecule has 1 rings (SSSR count). The van der Waals surface area contributed by atoms with Gasteiger partial charge in [-0.15, -0.1) is 0 Å². The SMILES string of the molecule is C=C(I)n1ccc(C(=O)NNC(=O)CF)cc1=N. The third kappa shape index (κ3) is 3.65. The smallest absolute Gasteiger partial charge is 0.269 e. The van der Waals surface area contributed by atoms with Crippen LogP contribution in [0.5, 0.6) is 0 Å². The first-order valence-corrected chi connectivity index (χ1v) is 5.81. The van der Waals surface area contributed by atoms with E-state index in [1.807, 2.05) is 33.4 Å². The van der Waals surface area contributed by atoms with Gasteiger partial charge in [0.25, 0.3) is 11.8 Å². The number of nitrogens with zero attached hydrogens (tertiary/aromatic N) is 1. The highest BCUT2D eigenvalue weighted by Gasteiger charge is 2.08. The molecule has 1 aromatic heterocycles. The predicted octanol–water partition coefficient (Wildman–Crippen LogP) is 0.561. The second kappa shape index (κ2) is 6.28. The second-order valence-corrected chi connectivity index (χ2v) is 4.43. The minimum absolute atomic E-state index is 0.0684. The molecule has 0 aliphatic heterocycles. The Morgan fingerprint density at radius 3 is 2.67 bits per heavy atom. The van der Waals surface area contributed by atoms with Crippen molar-refractivity contribution >= 4 is 38.1 Å². The fourth-order valence-corrected chi connectivity index (χ4v) is 1.51. The van der Waals surface area contributed by atoms with Crippen LogP contribution >= 0.6 is 22.6 Å². The van der Waals surface area contributed by atoms with Crippen molar-refractivity contribution in [1.29, 1.82) is 5.41 Å². The summed E-state index contributed by atoms with van der Waals surface area (Å²) in [5.41, 5.74) is 4.16. The molecule has 0 aliphatic rings. The van der Waals surface area contributed by atoms with Gasteiger partial charge in [-0.3, -0.25) is 30.4 Å². The van der Waals surface area contributed by atoms with Gasteiger partial charge in [0.1, 0.15) is 5.49 Å². The molecular formula is C10H10FIN4O2. The van der Waals surface area contributed by atoms with Crippen molar-refractivity contribution in [3.05, 3.63) is 36.0 Å². The molecule has 0 bridgehead atoms. The molecule has 18 heavy (non-hydrogen) atoms. The molecule has 0 atom stereocenters. The molecule has 0 radical (unpaired) electrons. The van der Waals surface area contributed by atoms with Gasteiger partial charge in [0, 0.05) is 11.8 Å². The van der Waals surface area contributed by atoms with Gasteiger partial charge in [-0.05, 0) is 34.7 Å². The fourth-order valence-electron chi connectivity index (χ4n) is 1.08. The summed E-state index contributed by atoms with van der Waals surface area (Å²) in [6.45, 7) is 2.45. The topological polar surface area (TPSA) is 87.0 Å². The number of alkyl halides is 1. The van der Waals surface area contributed by atoms with Crippen molar-refractivity contribution in [3.8, 4) is 0 Å². The maximum atomic E-state index is 11.8. The number of pyridine rings is 1. The van der Waals surface area contributed by atoms with E-state index in [1.54, 1.807) is 0 Å². The number of hydrogen-bond acceptors (Lipinski definition) is 3. The highest BCUT2D eigenvalue weighted by molar-refractivity contribution is 14.1. The van der Waals surface area contributed by atoms with Crippen LogP contribution in [0.4, 0.5) is 4.39 Å². The molecule has 0 spiro atoms. The maximum absolute atomic E-state index is 11.8. The van der Waals surface area contributed by atoms with E-state index in [0.717, 1.165) is 0 Å². The summed E-state index contributed by atoms with van der Waals surface area (Å²) in [4.78, 5) is 22.1. The number of amides is 2. The number of aromatic nitrogens is 1. The molecule has 1 aromatic rings. The molecular weight excluding hydrogens is 354 g/mol. The molecule has 6 nitrogen and oxygen atoms in total. The molecule has 1 heterocycles. The van der Waals surface area contributed by atoms with Gasteiger partial charge < -0.3 is 0 Å². The lowest BCUT2D eigenvalue weighted by molar-refractivity contribution is -0.122. The lowest BCUT2D eigenvalue weighted by Crippen LogP contribution is -2.42. The Bertz CT molecular complexity index is 555. The van der Waals surface area contributed by atoms with Gasteiger partial charge in [-0.1, -0.05) is 6.58 Å². The van der Waals surface area contributed by atoms with Crippen LogP contribution in [-0.4, -0.2) is 23.1 Å². The molecule has 2 amide bonds. The molecule has 96 valence electrons. The van der Waals surface area contributed by atoms with Gasteiger partial charge in [-0.2, -0.15) is 0 Å². The molecule has 0 unspecified atom stereocenters. The zero-order valence-electron chi connectivity index (χ0n) is 9.17. The highest BCUT2D eigenvalue weighted by atomic mass is 127. The van der Waals surface area contributed by atoms with Crippen LogP contribution < -0.4 is 16.3 Å². The minimum Gasteiger partial charge on any atom is -0.297 e. The van der Waals surface area contributed by atoms with Gasteiger partial charge in [0.2, 0.25) is 0 Å². The van der Waals surface area contributed by atoms with Crippen molar-refractivity contribution in [1.82, 2.24) is 15.4 Å². The first-order chi connectivity index (χ1) is 8.45. The monoisotopic (exact) mass is 364 g/mol. The van der Waals surface area contributed by atoms with E-state index in [9.17, 15) is 14.0 Å². The van der Waals surface area contributed by atoms with E-state index in [1.165, 1.54) is 22.9 Å². The number of halogens is 2. The van der Waals surface area contributed by atoms with Crippen LogP contribution in [0.25, 0.3) is 3.70 Å². The summed E-state index contributed by atoms with van der Waals surface area (Å²) in [6.07, 6.45) is 1.50. The van der Waals surface area contributed by atoms with E-state index in [2.05, 4.69) is 6.58 Å². The van der Waals surface area contributed by atoms with Crippen molar-refractivity contribution in [2.24, 2.45) is 0 Å². The van der Waals surface area contributed by atoms with Crippen LogP contribution in [0.15, 0.2) is 24.9 Å². The van der Waals surface area contributed by atoms with Gasteiger partial charge in [0.05, 0.1) is 3.70 Å². The minimum atomic E-state index is -1.21. The second-order valence-electron chi connectivity index (χ2n) is 3.18. The van der Waals surface area contributed by atoms with Crippen LogP contribution in [0.2, 0.25) is 0 Å². The molecule has 3 N–H and O–H groups in total. The first kappa shape index (κ1) is 14.4. The summed E-state index contributed by atoms with van der Waals surface area (Å²) in [5, 5.41) is 7.66. The third-order valence-corrected chi connectivity index (χ3v) is 2.44. The zero-order valence-corrected chi connectivity index (χ0v) is 11.3. The Kier molecular flexibility index (Phi) is 5.01. The van der Waals surface area contributed by atoms with Crippen molar-refractivity contribution in [2.45, 2.75) is 0 Å². The largest absolute Gasteiger partial charge is 0.297 e. The Morgan fingerprint density at radius 2 is 2.17 bits per heavy atom. The van der Waals surface area contributed by atoms with Gasteiger partial charge in [-0.25, -0.2) is 4.39 Å². The summed E-state index contributed by atoms with van der Waals surface area (Å²) >= 11 is 1.94. The van der Waals surface area contributed by atoms with Crippen molar-refractivity contribution in [2.75, 3.05) is 6.67 Å². The standard InChI is InChI=1S/C10H10FIN4O2/c1-6(12)16-3-2-7(4-8(16)13)10(18)15-14-9(17)5-11/h2-4,13H,1,5H2,(H,14,17)(H,15,18). The predicted molar refractivity (Wildman–Crippen MR) is 71.2 cm³/mol. The van der Waals surface area contributed by atoms with Crippen LogP contribution in [0, 0.1) is 5.41 Å². The quantitative estimate of drug-likeness (QED) is 0.541. The number of carbonyl (C=O) groups is 2. The number of carbonyl (C=O) groups excluding carboxylic acids is 2. The molecule has 0 saturated carbocycles. The van der Waals surface area contributed by atoms with E-state index >= 15 is 0 Å². The lowest BCUT2D eigenvalue weighted by atomic mass is 10.2. The van der Waals surface area contributed by atoms with Crippen LogP contribution in [0.3, 0.4) is 0 Å². The molecule has 0 aliphatic carbocycles. The van der Waals surface area contributed by atoms with Crippen molar-refractivity contribution in [3.63, 3.8) is 0 Å². The zero-order chi connectivity index (χ0) is 13.7. The van der Waals surface area contributed by atoms with Crippen molar-refractivity contribution < 1.29 is 14.0 Å². The molecule has 0 aromatic carbocycles. The number of nitrogens with one attached hydrogen (secondary N) is 3. The fraction of sp³-hybridized carbons (Fsp3) is 0.100. The van der Waals surface area contributed by atoms with Gasteiger partial charge in [0.15, 0.2) is 6.67 Å². The molecule has 8 heteroatoms. The Balaban J connectivity index is 2.82. The van der Waals surface area contributed by atoms with E-state index in [-0.39, 0.29) is 11.1 Å². The number of rotatable bonds is 3. The Labute approximate surface area is 116 Å². The first-order valence-electron chi connectivity index (χ1n) is 4.73. The van der Waals surface area contributed by atoms with Crippen LogP contribution in [0.1, 0.15) is 10.4 Å². The average Bonchev–Trinajstić information content (AvgIpc) is 2.34. The number of hydrazine groups is 1. The summed E-state index contributed by atoms with van der Waals surface area (Å²) in [7, 11) is 0. The summed E-state index contributed by atoms with van der Waals surface area (Å²) in [5.74, 6) is -1.57. The lowest BCUT2D eigenvalue weighted by Gasteiger charge is -2.08. The van der Waals surface area contributed by atoms with Crippen LogP contribution in [-0.2, 0) is 4.79 Å². The molecule has 0 saturated heterocycles. The van der Waals surface area contributed by atoms with E-state index < -0.39 is 18.5 Å².